The van der Waals surface area contributed by atoms with E-state index >= 15 is 0 Å². The Labute approximate surface area is 149 Å². The molecule has 2 N–H and O–H groups in total. The van der Waals surface area contributed by atoms with Crippen molar-refractivity contribution in [2.24, 2.45) is 0 Å². The van der Waals surface area contributed by atoms with E-state index in [4.69, 9.17) is 4.42 Å². The van der Waals surface area contributed by atoms with E-state index in [9.17, 15) is 18.0 Å². The molecule has 0 saturated heterocycles. The van der Waals surface area contributed by atoms with Crippen molar-refractivity contribution in [2.75, 3.05) is 7.05 Å². The molecule has 3 aromatic rings. The summed E-state index contributed by atoms with van der Waals surface area (Å²) in [6.07, 6.45) is 0. The number of oxazole rings is 1. The first-order valence-electron chi connectivity index (χ1n) is 7.78. The Morgan fingerprint density at radius 1 is 1.15 bits per heavy atom. The van der Waals surface area contributed by atoms with Gasteiger partial charge >= 0.3 is 5.76 Å². The van der Waals surface area contributed by atoms with E-state index in [0.717, 1.165) is 0 Å². The number of amides is 1. The fourth-order valence-corrected chi connectivity index (χ4v) is 3.30. The SMILES string of the molecule is CNS(=O)(=O)c1cccc(CNC(=O)Cn2c(=O)oc3ccccc32)c1. The lowest BCUT2D eigenvalue weighted by Gasteiger charge is -2.08. The average molecular weight is 375 g/mol. The maximum atomic E-state index is 12.2. The zero-order valence-corrected chi connectivity index (χ0v) is 14.7. The first-order valence-corrected chi connectivity index (χ1v) is 9.26. The van der Waals surface area contributed by atoms with Gasteiger partial charge in [0.15, 0.2) is 5.58 Å². The van der Waals surface area contributed by atoms with Crippen LogP contribution in [0.3, 0.4) is 0 Å². The molecule has 136 valence electrons. The van der Waals surface area contributed by atoms with Gasteiger partial charge in [0.2, 0.25) is 15.9 Å². The Hall–Kier alpha value is -2.91. The zero-order valence-electron chi connectivity index (χ0n) is 13.9. The number of hydrogen-bond acceptors (Lipinski definition) is 5. The minimum absolute atomic E-state index is 0.115. The molecule has 1 aromatic heterocycles. The highest BCUT2D eigenvalue weighted by Crippen LogP contribution is 2.12. The number of sulfonamides is 1. The minimum atomic E-state index is -3.55. The van der Waals surface area contributed by atoms with Crippen LogP contribution in [0.15, 0.2) is 62.6 Å². The normalized spacial score (nSPS) is 11.6. The maximum Gasteiger partial charge on any atom is 0.420 e. The molecule has 0 saturated carbocycles. The second-order valence-corrected chi connectivity index (χ2v) is 7.44. The number of rotatable bonds is 6. The van der Waals surface area contributed by atoms with Gasteiger partial charge in [-0.15, -0.1) is 0 Å². The summed E-state index contributed by atoms with van der Waals surface area (Å²) < 4.78 is 32.2. The number of fused-ring (bicyclic) bond motifs is 1. The van der Waals surface area contributed by atoms with E-state index in [1.165, 1.54) is 23.7 Å². The van der Waals surface area contributed by atoms with Crippen molar-refractivity contribution in [1.29, 1.82) is 0 Å². The molecule has 0 aliphatic heterocycles. The average Bonchev–Trinajstić information content (AvgIpc) is 2.96. The summed E-state index contributed by atoms with van der Waals surface area (Å²) in [5, 5.41) is 2.67. The topological polar surface area (TPSA) is 110 Å². The van der Waals surface area contributed by atoms with Gasteiger partial charge < -0.3 is 9.73 Å². The van der Waals surface area contributed by atoms with Crippen LogP contribution in [0.2, 0.25) is 0 Å². The van der Waals surface area contributed by atoms with Crippen LogP contribution in [-0.2, 0) is 27.9 Å². The Balaban J connectivity index is 1.71. The van der Waals surface area contributed by atoms with Crippen LogP contribution in [0, 0.1) is 0 Å². The Morgan fingerprint density at radius 3 is 2.69 bits per heavy atom. The fourth-order valence-electron chi connectivity index (χ4n) is 2.50. The third kappa shape index (κ3) is 3.68. The number of benzene rings is 2. The van der Waals surface area contributed by atoms with Gasteiger partial charge in [-0.05, 0) is 36.9 Å². The lowest BCUT2D eigenvalue weighted by Crippen LogP contribution is -2.30. The predicted octanol–water partition coefficient (Wildman–Crippen LogP) is 0.819. The number of aromatic nitrogens is 1. The summed E-state index contributed by atoms with van der Waals surface area (Å²) in [7, 11) is -2.22. The highest BCUT2D eigenvalue weighted by molar-refractivity contribution is 7.89. The quantitative estimate of drug-likeness (QED) is 0.663. The smallest absolute Gasteiger partial charge is 0.408 e. The molecular weight excluding hydrogens is 358 g/mol. The van der Waals surface area contributed by atoms with Crippen LogP contribution >= 0.6 is 0 Å². The standard InChI is InChI=1S/C17H17N3O5S/c1-18-26(23,24)13-6-4-5-12(9-13)10-19-16(21)11-20-14-7-2-3-8-15(14)25-17(20)22/h2-9,18H,10-11H2,1H3,(H,19,21). The second kappa shape index (κ2) is 7.14. The van der Waals surface area contributed by atoms with Gasteiger partial charge in [0.1, 0.15) is 6.54 Å². The largest absolute Gasteiger partial charge is 0.420 e. The highest BCUT2D eigenvalue weighted by atomic mass is 32.2. The van der Waals surface area contributed by atoms with Crippen molar-refractivity contribution in [2.45, 2.75) is 18.0 Å². The Bertz CT molecular complexity index is 1110. The molecule has 26 heavy (non-hydrogen) atoms. The van der Waals surface area contributed by atoms with Gasteiger partial charge in [-0.1, -0.05) is 24.3 Å². The number of hydrogen-bond donors (Lipinski definition) is 2. The summed E-state index contributed by atoms with van der Waals surface area (Å²) in [4.78, 5) is 24.2. The third-order valence-electron chi connectivity index (χ3n) is 3.84. The van der Waals surface area contributed by atoms with Gasteiger partial charge in [-0.25, -0.2) is 17.9 Å². The first kappa shape index (κ1) is 17.9. The molecule has 9 heteroatoms. The van der Waals surface area contributed by atoms with Crippen molar-refractivity contribution in [3.8, 4) is 0 Å². The van der Waals surface area contributed by atoms with E-state index < -0.39 is 15.8 Å². The third-order valence-corrected chi connectivity index (χ3v) is 5.25. The first-order chi connectivity index (χ1) is 12.4. The number of carbonyl (C=O) groups is 1. The second-order valence-electron chi connectivity index (χ2n) is 5.55. The van der Waals surface area contributed by atoms with E-state index in [-0.39, 0.29) is 23.9 Å². The molecule has 0 bridgehead atoms. The summed E-state index contributed by atoms with van der Waals surface area (Å²) in [5.74, 6) is -0.996. The van der Waals surface area contributed by atoms with E-state index in [0.29, 0.717) is 16.7 Å². The lowest BCUT2D eigenvalue weighted by molar-refractivity contribution is -0.121. The van der Waals surface area contributed by atoms with E-state index in [1.54, 1.807) is 36.4 Å². The minimum Gasteiger partial charge on any atom is -0.408 e. The van der Waals surface area contributed by atoms with Crippen LogP contribution in [0.5, 0.6) is 0 Å². The van der Waals surface area contributed by atoms with Crippen molar-refractivity contribution >= 4 is 27.0 Å². The summed E-state index contributed by atoms with van der Waals surface area (Å²) in [6.45, 7) is -0.0548. The monoisotopic (exact) mass is 375 g/mol. The van der Waals surface area contributed by atoms with Gasteiger partial charge in [-0.3, -0.25) is 9.36 Å². The van der Waals surface area contributed by atoms with E-state index in [1.807, 2.05) is 0 Å². The van der Waals surface area contributed by atoms with Crippen LogP contribution in [-0.4, -0.2) is 25.9 Å². The van der Waals surface area contributed by atoms with Gasteiger partial charge in [0.25, 0.3) is 0 Å². The molecule has 0 aliphatic rings. The summed E-state index contributed by atoms with van der Waals surface area (Å²) >= 11 is 0. The van der Waals surface area contributed by atoms with Crippen molar-refractivity contribution in [3.05, 3.63) is 64.6 Å². The summed E-state index contributed by atoms with van der Waals surface area (Å²) in [6, 6.07) is 13.1. The molecule has 0 aliphatic carbocycles. The van der Waals surface area contributed by atoms with Crippen LogP contribution in [0.1, 0.15) is 5.56 Å². The van der Waals surface area contributed by atoms with Gasteiger partial charge in [0.05, 0.1) is 10.4 Å². The van der Waals surface area contributed by atoms with Crippen molar-refractivity contribution in [3.63, 3.8) is 0 Å². The molecule has 0 radical (unpaired) electrons. The molecule has 0 unspecified atom stereocenters. The van der Waals surface area contributed by atoms with Crippen molar-refractivity contribution in [1.82, 2.24) is 14.6 Å². The molecular formula is C17H17N3O5S. The maximum absolute atomic E-state index is 12.2. The van der Waals surface area contributed by atoms with Gasteiger partial charge in [0, 0.05) is 6.54 Å². The van der Waals surface area contributed by atoms with Crippen LogP contribution < -0.4 is 15.8 Å². The molecule has 1 heterocycles. The Morgan fingerprint density at radius 2 is 1.92 bits per heavy atom. The molecule has 1 amide bonds. The molecule has 0 atom stereocenters. The highest BCUT2D eigenvalue weighted by Gasteiger charge is 2.13. The molecule has 3 rings (SSSR count). The lowest BCUT2D eigenvalue weighted by atomic mass is 10.2. The fraction of sp³-hybridized carbons (Fsp3) is 0.176. The number of para-hydroxylation sites is 2. The van der Waals surface area contributed by atoms with Crippen molar-refractivity contribution < 1.29 is 17.6 Å². The van der Waals surface area contributed by atoms with Crippen LogP contribution in [0.25, 0.3) is 11.1 Å². The molecule has 8 nitrogen and oxygen atoms in total. The Kier molecular flexibility index (Phi) is 4.92. The molecule has 0 spiro atoms. The van der Waals surface area contributed by atoms with Gasteiger partial charge in [-0.2, -0.15) is 0 Å². The van der Waals surface area contributed by atoms with E-state index in [2.05, 4.69) is 10.0 Å². The van der Waals surface area contributed by atoms with Crippen LogP contribution in [0.4, 0.5) is 0 Å². The molecule has 0 fully saturated rings. The molecule has 2 aromatic carbocycles. The predicted molar refractivity (Wildman–Crippen MR) is 95.0 cm³/mol. The summed E-state index contributed by atoms with van der Waals surface area (Å²) in [5.41, 5.74) is 1.57. The zero-order chi connectivity index (χ0) is 18.7. The number of nitrogens with one attached hydrogen (secondary N) is 2. The number of carbonyl (C=O) groups excluding carboxylic acids is 1. The number of nitrogens with zero attached hydrogens (tertiary/aromatic N) is 1.